The molecule has 64 valence electrons. The Balaban J connectivity index is 3.61. The average molecular weight is 157 g/mol. The van der Waals surface area contributed by atoms with E-state index in [0.29, 0.717) is 12.8 Å². The molecule has 0 aromatic carbocycles. The van der Waals surface area contributed by atoms with Crippen molar-refractivity contribution in [2.75, 3.05) is 0 Å². The standard InChI is InChI=1S/C8H15NO2/c1-8(2,3)9-7(11)5-4-6-10/h6H,4-5H2,1-3H3,(H,9,11). The van der Waals surface area contributed by atoms with Crippen LogP contribution in [0.4, 0.5) is 0 Å². The van der Waals surface area contributed by atoms with E-state index in [1.54, 1.807) is 0 Å². The van der Waals surface area contributed by atoms with Gasteiger partial charge in [0.1, 0.15) is 6.29 Å². The van der Waals surface area contributed by atoms with Gasteiger partial charge >= 0.3 is 0 Å². The minimum Gasteiger partial charge on any atom is -0.351 e. The maximum absolute atomic E-state index is 10.9. The summed E-state index contributed by atoms with van der Waals surface area (Å²) in [5.41, 5.74) is -0.194. The molecule has 0 atom stereocenters. The number of amides is 1. The van der Waals surface area contributed by atoms with Crippen molar-refractivity contribution in [3.63, 3.8) is 0 Å². The Morgan fingerprint density at radius 3 is 2.36 bits per heavy atom. The maximum atomic E-state index is 10.9. The lowest BCUT2D eigenvalue weighted by Crippen LogP contribution is -2.40. The highest BCUT2D eigenvalue weighted by atomic mass is 16.2. The third kappa shape index (κ3) is 7.03. The minimum absolute atomic E-state index is 0.0652. The van der Waals surface area contributed by atoms with E-state index in [0.717, 1.165) is 6.29 Å². The van der Waals surface area contributed by atoms with Crippen molar-refractivity contribution in [2.24, 2.45) is 0 Å². The second-order valence-electron chi connectivity index (χ2n) is 3.50. The molecule has 0 aliphatic rings. The van der Waals surface area contributed by atoms with Gasteiger partial charge in [-0.1, -0.05) is 0 Å². The first-order chi connectivity index (χ1) is 4.95. The van der Waals surface area contributed by atoms with Crippen LogP contribution in [0.1, 0.15) is 33.6 Å². The first-order valence-electron chi connectivity index (χ1n) is 3.70. The fourth-order valence-electron chi connectivity index (χ4n) is 0.671. The van der Waals surface area contributed by atoms with Crippen LogP contribution in [0.5, 0.6) is 0 Å². The molecule has 0 aliphatic heterocycles. The van der Waals surface area contributed by atoms with Crippen molar-refractivity contribution in [1.29, 1.82) is 0 Å². The van der Waals surface area contributed by atoms with Crippen molar-refractivity contribution >= 4 is 12.2 Å². The third-order valence-electron chi connectivity index (χ3n) is 1.00. The summed E-state index contributed by atoms with van der Waals surface area (Å²) in [7, 11) is 0. The monoisotopic (exact) mass is 157 g/mol. The molecule has 0 saturated carbocycles. The molecule has 0 spiro atoms. The van der Waals surface area contributed by atoms with Gasteiger partial charge in [0, 0.05) is 18.4 Å². The SMILES string of the molecule is CC(C)(C)NC(=O)CCC=O. The number of carbonyl (C=O) groups is 2. The van der Waals surface area contributed by atoms with Gasteiger partial charge in [-0.25, -0.2) is 0 Å². The number of nitrogens with one attached hydrogen (secondary N) is 1. The molecule has 0 bridgehead atoms. The van der Waals surface area contributed by atoms with Gasteiger partial charge in [-0.15, -0.1) is 0 Å². The van der Waals surface area contributed by atoms with Gasteiger partial charge in [0.2, 0.25) is 5.91 Å². The highest BCUT2D eigenvalue weighted by Crippen LogP contribution is 1.99. The molecule has 3 heteroatoms. The molecule has 0 unspecified atom stereocenters. The molecule has 0 fully saturated rings. The van der Waals surface area contributed by atoms with Crippen molar-refractivity contribution in [3.8, 4) is 0 Å². The quantitative estimate of drug-likeness (QED) is 0.618. The number of rotatable bonds is 3. The topological polar surface area (TPSA) is 46.2 Å². The van der Waals surface area contributed by atoms with Crippen LogP contribution in [0.15, 0.2) is 0 Å². The number of hydrogen-bond donors (Lipinski definition) is 1. The molecule has 0 rings (SSSR count). The summed E-state index contributed by atoms with van der Waals surface area (Å²) in [6.07, 6.45) is 1.35. The van der Waals surface area contributed by atoms with Crippen LogP contribution >= 0.6 is 0 Å². The van der Waals surface area contributed by atoms with E-state index in [2.05, 4.69) is 5.32 Å². The molecular weight excluding hydrogens is 142 g/mol. The Kier molecular flexibility index (Phi) is 3.79. The van der Waals surface area contributed by atoms with Crippen LogP contribution in [0.3, 0.4) is 0 Å². The highest BCUT2D eigenvalue weighted by Gasteiger charge is 2.12. The van der Waals surface area contributed by atoms with Gasteiger partial charge < -0.3 is 10.1 Å². The Morgan fingerprint density at radius 1 is 1.45 bits per heavy atom. The summed E-state index contributed by atoms with van der Waals surface area (Å²) in [5, 5.41) is 2.76. The lowest BCUT2D eigenvalue weighted by atomic mass is 10.1. The Hall–Kier alpha value is -0.860. The Labute approximate surface area is 67.2 Å². The molecule has 3 nitrogen and oxygen atoms in total. The summed E-state index contributed by atoms with van der Waals surface area (Å²) < 4.78 is 0. The van der Waals surface area contributed by atoms with E-state index >= 15 is 0 Å². The molecule has 0 aromatic heterocycles. The molecule has 0 aliphatic carbocycles. The van der Waals surface area contributed by atoms with E-state index in [4.69, 9.17) is 0 Å². The molecular formula is C8H15NO2. The van der Waals surface area contributed by atoms with Crippen LogP contribution in [0.2, 0.25) is 0 Å². The largest absolute Gasteiger partial charge is 0.351 e. The number of hydrogen-bond acceptors (Lipinski definition) is 2. The molecule has 0 heterocycles. The zero-order valence-corrected chi connectivity index (χ0v) is 7.31. The first-order valence-corrected chi connectivity index (χ1v) is 3.70. The van der Waals surface area contributed by atoms with Crippen molar-refractivity contribution in [1.82, 2.24) is 5.32 Å². The average Bonchev–Trinajstić information content (AvgIpc) is 1.79. The number of aldehydes is 1. The van der Waals surface area contributed by atoms with Crippen LogP contribution < -0.4 is 5.32 Å². The summed E-state index contributed by atoms with van der Waals surface area (Å²) in [4.78, 5) is 20.8. The molecule has 0 saturated heterocycles. The molecule has 0 aromatic rings. The van der Waals surface area contributed by atoms with E-state index in [9.17, 15) is 9.59 Å². The summed E-state index contributed by atoms with van der Waals surface area (Å²) in [6, 6.07) is 0. The Bertz CT molecular complexity index is 147. The van der Waals surface area contributed by atoms with Crippen LogP contribution in [-0.4, -0.2) is 17.7 Å². The van der Waals surface area contributed by atoms with Crippen molar-refractivity contribution in [3.05, 3.63) is 0 Å². The maximum Gasteiger partial charge on any atom is 0.220 e. The van der Waals surface area contributed by atoms with E-state index < -0.39 is 0 Å². The predicted molar refractivity (Wildman–Crippen MR) is 43.2 cm³/mol. The highest BCUT2D eigenvalue weighted by molar-refractivity contribution is 5.78. The molecule has 0 radical (unpaired) electrons. The van der Waals surface area contributed by atoms with E-state index in [1.165, 1.54) is 0 Å². The van der Waals surface area contributed by atoms with Crippen molar-refractivity contribution in [2.45, 2.75) is 39.2 Å². The van der Waals surface area contributed by atoms with Gasteiger partial charge in [-0.05, 0) is 20.8 Å². The number of carbonyl (C=O) groups excluding carboxylic acids is 2. The van der Waals surface area contributed by atoms with Gasteiger partial charge in [-0.3, -0.25) is 4.79 Å². The second-order valence-corrected chi connectivity index (χ2v) is 3.50. The van der Waals surface area contributed by atoms with E-state index in [-0.39, 0.29) is 11.4 Å². The van der Waals surface area contributed by atoms with Crippen LogP contribution in [0, 0.1) is 0 Å². The van der Waals surface area contributed by atoms with Gasteiger partial charge in [0.05, 0.1) is 0 Å². The fraction of sp³-hybridized carbons (Fsp3) is 0.750. The van der Waals surface area contributed by atoms with E-state index in [1.807, 2.05) is 20.8 Å². The third-order valence-corrected chi connectivity index (χ3v) is 1.00. The summed E-state index contributed by atoms with van der Waals surface area (Å²) >= 11 is 0. The molecule has 11 heavy (non-hydrogen) atoms. The van der Waals surface area contributed by atoms with Crippen molar-refractivity contribution < 1.29 is 9.59 Å². The Morgan fingerprint density at radius 2 is 2.00 bits per heavy atom. The van der Waals surface area contributed by atoms with Crippen LogP contribution in [-0.2, 0) is 9.59 Å². The second kappa shape index (κ2) is 4.11. The lowest BCUT2D eigenvalue weighted by molar-refractivity contribution is -0.123. The molecule has 1 amide bonds. The first kappa shape index (κ1) is 10.1. The lowest BCUT2D eigenvalue weighted by Gasteiger charge is -2.19. The summed E-state index contributed by atoms with van der Waals surface area (Å²) in [5.74, 6) is -0.0652. The zero-order valence-electron chi connectivity index (χ0n) is 7.31. The normalized spacial score (nSPS) is 10.8. The molecule has 1 N–H and O–H groups in total. The predicted octanol–water partition coefficient (Wildman–Crippen LogP) is 0.880. The van der Waals surface area contributed by atoms with Crippen LogP contribution in [0.25, 0.3) is 0 Å². The van der Waals surface area contributed by atoms with Gasteiger partial charge in [-0.2, -0.15) is 0 Å². The zero-order chi connectivity index (χ0) is 8.91. The smallest absolute Gasteiger partial charge is 0.220 e. The minimum atomic E-state index is -0.194. The summed E-state index contributed by atoms with van der Waals surface area (Å²) in [6.45, 7) is 5.73. The van der Waals surface area contributed by atoms with Gasteiger partial charge in [0.15, 0.2) is 0 Å². The van der Waals surface area contributed by atoms with Gasteiger partial charge in [0.25, 0.3) is 0 Å². The fourth-order valence-corrected chi connectivity index (χ4v) is 0.671.